The van der Waals surface area contributed by atoms with Gasteiger partial charge in [0, 0.05) is 30.2 Å². The smallest absolute Gasteiger partial charge is 0.280 e. The third kappa shape index (κ3) is 2.84. The van der Waals surface area contributed by atoms with Crippen molar-refractivity contribution in [3.05, 3.63) is 82.8 Å². The summed E-state index contributed by atoms with van der Waals surface area (Å²) in [5.74, 6) is 0.525. The zero-order valence-electron chi connectivity index (χ0n) is 14.8. The predicted octanol–water partition coefficient (Wildman–Crippen LogP) is 2.40. The van der Waals surface area contributed by atoms with Crippen LogP contribution in [0, 0.1) is 0 Å². The Morgan fingerprint density at radius 3 is 2.79 bits per heavy atom. The van der Waals surface area contributed by atoms with E-state index in [1.807, 2.05) is 12.3 Å². The van der Waals surface area contributed by atoms with Gasteiger partial charge in [0.15, 0.2) is 5.65 Å². The monoisotopic (exact) mass is 372 g/mol. The maximum Gasteiger partial charge on any atom is 0.280 e. The first kappa shape index (κ1) is 16.4. The lowest BCUT2D eigenvalue weighted by molar-refractivity contribution is 0.102. The molecule has 0 aromatic carbocycles. The molecule has 0 aliphatic heterocycles. The number of rotatable bonds is 4. The SMILES string of the molecule is O=C(Nc1cccn(-c2ccccn2)c1=O)c1cnn2ccc(C3CC3)nc12. The summed E-state index contributed by atoms with van der Waals surface area (Å²) in [5.41, 5.74) is 1.59. The normalized spacial score (nSPS) is 13.6. The van der Waals surface area contributed by atoms with Gasteiger partial charge in [-0.25, -0.2) is 14.5 Å². The molecule has 0 spiro atoms. The largest absolute Gasteiger partial charge is 0.317 e. The Balaban J connectivity index is 1.49. The van der Waals surface area contributed by atoms with Gasteiger partial charge in [-0.2, -0.15) is 5.10 Å². The summed E-state index contributed by atoms with van der Waals surface area (Å²) >= 11 is 0. The summed E-state index contributed by atoms with van der Waals surface area (Å²) in [5, 5.41) is 6.88. The van der Waals surface area contributed by atoms with Crippen LogP contribution in [0.5, 0.6) is 0 Å². The molecule has 0 saturated heterocycles. The van der Waals surface area contributed by atoms with Crippen molar-refractivity contribution in [2.75, 3.05) is 5.32 Å². The number of nitrogens with one attached hydrogen (secondary N) is 1. The molecule has 0 unspecified atom stereocenters. The summed E-state index contributed by atoms with van der Waals surface area (Å²) in [6, 6.07) is 10.5. The van der Waals surface area contributed by atoms with Gasteiger partial charge in [-0.3, -0.25) is 14.2 Å². The molecule has 28 heavy (non-hydrogen) atoms. The van der Waals surface area contributed by atoms with Gasteiger partial charge in [-0.15, -0.1) is 0 Å². The molecule has 4 aromatic heterocycles. The zero-order valence-corrected chi connectivity index (χ0v) is 14.8. The van der Waals surface area contributed by atoms with Crippen LogP contribution < -0.4 is 10.9 Å². The summed E-state index contributed by atoms with van der Waals surface area (Å²) in [6.07, 6.45) is 8.73. The van der Waals surface area contributed by atoms with E-state index in [-0.39, 0.29) is 11.2 Å². The van der Waals surface area contributed by atoms with Crippen molar-refractivity contribution in [3.63, 3.8) is 0 Å². The van der Waals surface area contributed by atoms with Crippen LogP contribution in [0.15, 0.2) is 66.0 Å². The number of carbonyl (C=O) groups excluding carboxylic acids is 1. The molecule has 5 rings (SSSR count). The average molecular weight is 372 g/mol. The van der Waals surface area contributed by atoms with E-state index < -0.39 is 5.91 Å². The van der Waals surface area contributed by atoms with Crippen LogP contribution in [-0.2, 0) is 0 Å². The van der Waals surface area contributed by atoms with E-state index in [0.29, 0.717) is 22.9 Å². The number of hydrogen-bond acceptors (Lipinski definition) is 5. The number of anilines is 1. The van der Waals surface area contributed by atoms with Gasteiger partial charge in [0.05, 0.1) is 6.20 Å². The molecule has 1 amide bonds. The van der Waals surface area contributed by atoms with Crippen molar-refractivity contribution >= 4 is 17.2 Å². The van der Waals surface area contributed by atoms with E-state index >= 15 is 0 Å². The average Bonchev–Trinajstić information content (AvgIpc) is 3.49. The van der Waals surface area contributed by atoms with E-state index in [1.54, 1.807) is 47.2 Å². The van der Waals surface area contributed by atoms with E-state index in [0.717, 1.165) is 18.5 Å². The molecular weight excluding hydrogens is 356 g/mol. The molecular formula is C20H16N6O2. The van der Waals surface area contributed by atoms with E-state index in [1.165, 1.54) is 10.8 Å². The molecule has 1 aliphatic rings. The highest BCUT2D eigenvalue weighted by Gasteiger charge is 2.26. The molecule has 4 aromatic rings. The van der Waals surface area contributed by atoms with Crippen LogP contribution in [-0.4, -0.2) is 30.1 Å². The van der Waals surface area contributed by atoms with Gasteiger partial charge in [-0.1, -0.05) is 6.07 Å². The van der Waals surface area contributed by atoms with Gasteiger partial charge >= 0.3 is 0 Å². The van der Waals surface area contributed by atoms with Crippen molar-refractivity contribution in [2.45, 2.75) is 18.8 Å². The van der Waals surface area contributed by atoms with Crippen molar-refractivity contribution in [1.82, 2.24) is 24.1 Å². The van der Waals surface area contributed by atoms with Crippen LogP contribution in [0.4, 0.5) is 5.69 Å². The standard InChI is InChI=1S/C20H16N6O2/c27-19(14-12-22-26-11-8-15(13-6-7-13)23-18(14)26)24-16-4-3-10-25(20(16)28)17-5-1-2-9-21-17/h1-5,8-13H,6-7H2,(H,24,27). The minimum Gasteiger partial charge on any atom is -0.317 e. The maximum absolute atomic E-state index is 12.8. The highest BCUT2D eigenvalue weighted by molar-refractivity contribution is 6.08. The lowest BCUT2D eigenvalue weighted by Gasteiger charge is -2.08. The molecule has 4 heterocycles. The Kier molecular flexibility index (Phi) is 3.75. The van der Waals surface area contributed by atoms with Crippen molar-refractivity contribution in [2.24, 2.45) is 0 Å². The number of amides is 1. The molecule has 1 aliphatic carbocycles. The van der Waals surface area contributed by atoms with Crippen molar-refractivity contribution < 1.29 is 4.79 Å². The minimum absolute atomic E-state index is 0.163. The molecule has 1 N–H and O–H groups in total. The minimum atomic E-state index is -0.425. The fourth-order valence-electron chi connectivity index (χ4n) is 3.10. The molecule has 1 saturated carbocycles. The van der Waals surface area contributed by atoms with E-state index in [4.69, 9.17) is 0 Å². The Labute approximate surface area is 159 Å². The number of hydrogen-bond donors (Lipinski definition) is 1. The molecule has 8 heteroatoms. The lowest BCUT2D eigenvalue weighted by Crippen LogP contribution is -2.25. The lowest BCUT2D eigenvalue weighted by atomic mass is 10.2. The second kappa shape index (κ2) is 6.41. The third-order valence-electron chi connectivity index (χ3n) is 4.72. The molecule has 0 radical (unpaired) electrons. The Bertz CT molecular complexity index is 1240. The maximum atomic E-state index is 12.8. The van der Waals surface area contributed by atoms with Crippen molar-refractivity contribution in [3.8, 4) is 5.82 Å². The Morgan fingerprint density at radius 2 is 2.00 bits per heavy atom. The highest BCUT2D eigenvalue weighted by atomic mass is 16.2. The van der Waals surface area contributed by atoms with E-state index in [9.17, 15) is 9.59 Å². The molecule has 1 fully saturated rings. The topological polar surface area (TPSA) is 94.2 Å². The van der Waals surface area contributed by atoms with Crippen LogP contribution in [0.25, 0.3) is 11.5 Å². The van der Waals surface area contributed by atoms with Crippen LogP contribution >= 0.6 is 0 Å². The number of pyridine rings is 2. The number of aromatic nitrogens is 5. The first-order valence-corrected chi connectivity index (χ1v) is 8.99. The van der Waals surface area contributed by atoms with Gasteiger partial charge in [0.1, 0.15) is 17.1 Å². The highest BCUT2D eigenvalue weighted by Crippen LogP contribution is 2.39. The first-order chi connectivity index (χ1) is 13.7. The number of carbonyl (C=O) groups is 1. The summed E-state index contributed by atoms with van der Waals surface area (Å²) in [7, 11) is 0. The van der Waals surface area contributed by atoms with Gasteiger partial charge in [0.25, 0.3) is 11.5 Å². The Hall–Kier alpha value is -3.81. The quantitative estimate of drug-likeness (QED) is 0.594. The number of nitrogens with zero attached hydrogens (tertiary/aromatic N) is 5. The predicted molar refractivity (Wildman–Crippen MR) is 103 cm³/mol. The molecule has 0 bridgehead atoms. The second-order valence-electron chi connectivity index (χ2n) is 6.69. The molecule has 0 atom stereocenters. The fraction of sp³-hybridized carbons (Fsp3) is 0.150. The summed E-state index contributed by atoms with van der Waals surface area (Å²) in [6.45, 7) is 0. The molecule has 138 valence electrons. The van der Waals surface area contributed by atoms with Crippen LogP contribution in [0.3, 0.4) is 0 Å². The zero-order chi connectivity index (χ0) is 19.1. The van der Waals surface area contributed by atoms with E-state index in [2.05, 4.69) is 20.4 Å². The third-order valence-corrected chi connectivity index (χ3v) is 4.72. The van der Waals surface area contributed by atoms with Crippen LogP contribution in [0.1, 0.15) is 34.8 Å². The van der Waals surface area contributed by atoms with Crippen LogP contribution in [0.2, 0.25) is 0 Å². The number of fused-ring (bicyclic) bond motifs is 1. The van der Waals surface area contributed by atoms with Gasteiger partial charge in [-0.05, 0) is 43.2 Å². The summed E-state index contributed by atoms with van der Waals surface area (Å²) in [4.78, 5) is 34.4. The van der Waals surface area contributed by atoms with Crippen molar-refractivity contribution in [1.29, 1.82) is 0 Å². The van der Waals surface area contributed by atoms with Gasteiger partial charge in [0.2, 0.25) is 0 Å². The summed E-state index contributed by atoms with van der Waals surface area (Å²) < 4.78 is 2.95. The van der Waals surface area contributed by atoms with Gasteiger partial charge < -0.3 is 5.32 Å². The Morgan fingerprint density at radius 1 is 1.11 bits per heavy atom. The molecule has 8 nitrogen and oxygen atoms in total. The first-order valence-electron chi connectivity index (χ1n) is 8.99. The second-order valence-corrected chi connectivity index (χ2v) is 6.69. The fourth-order valence-corrected chi connectivity index (χ4v) is 3.10.